The molecule has 1 heterocycles. The van der Waals surface area contributed by atoms with Crippen LogP contribution in [0.1, 0.15) is 27.2 Å². The van der Waals surface area contributed by atoms with Crippen molar-refractivity contribution in [2.24, 2.45) is 0 Å². The van der Waals surface area contributed by atoms with E-state index in [1.54, 1.807) is 19.3 Å². The number of ketones is 1. The number of rotatable bonds is 5. The van der Waals surface area contributed by atoms with Gasteiger partial charge in [-0.05, 0) is 73.5 Å². The van der Waals surface area contributed by atoms with Gasteiger partial charge in [-0.2, -0.15) is 5.10 Å². The first-order chi connectivity index (χ1) is 12.1. The number of hydrogen-bond acceptors (Lipinski definition) is 3. The molecule has 1 N–H and O–H groups in total. The van der Waals surface area contributed by atoms with Crippen LogP contribution in [0, 0.1) is 13.8 Å². The molecule has 0 saturated heterocycles. The van der Waals surface area contributed by atoms with Gasteiger partial charge in [-0.1, -0.05) is 12.1 Å². The molecular weight excluding hydrogens is 312 g/mol. The number of carbonyl (C=O) groups excluding carboxylic acids is 1. The van der Waals surface area contributed by atoms with Crippen LogP contribution in [0.2, 0.25) is 0 Å². The lowest BCUT2D eigenvalue weighted by atomic mass is 10.0. The fraction of sp³-hybridized carbons (Fsp3) is 0.143. The molecule has 0 aliphatic rings. The lowest BCUT2D eigenvalue weighted by molar-refractivity contribution is 0.104. The summed E-state index contributed by atoms with van der Waals surface area (Å²) in [4.78, 5) is 12.3. The van der Waals surface area contributed by atoms with Gasteiger partial charge in [0.1, 0.15) is 5.75 Å². The summed E-state index contributed by atoms with van der Waals surface area (Å²) in [6.45, 7) is 4.04. The number of nitrogens with one attached hydrogen (secondary N) is 1. The van der Waals surface area contributed by atoms with E-state index in [1.807, 2.05) is 62.4 Å². The van der Waals surface area contributed by atoms with Crippen molar-refractivity contribution in [2.75, 3.05) is 7.11 Å². The molecule has 1 aromatic heterocycles. The summed E-state index contributed by atoms with van der Waals surface area (Å²) in [5.41, 5.74) is 5.57. The van der Waals surface area contributed by atoms with E-state index in [9.17, 15) is 4.79 Å². The van der Waals surface area contributed by atoms with Crippen LogP contribution in [0.4, 0.5) is 0 Å². The van der Waals surface area contributed by atoms with E-state index in [-0.39, 0.29) is 5.78 Å². The standard InChI is InChI=1S/C21H20N2O2/c1-14-4-5-17(12-15(14)2)21(24)11-8-18-13-20(23-22-18)16-6-9-19(25-3)10-7-16/h4-13H,1-3H3,(H,22,23)/b11-8+. The van der Waals surface area contributed by atoms with E-state index < -0.39 is 0 Å². The highest BCUT2D eigenvalue weighted by molar-refractivity contribution is 6.06. The lowest BCUT2D eigenvalue weighted by Crippen LogP contribution is -1.95. The van der Waals surface area contributed by atoms with E-state index >= 15 is 0 Å². The van der Waals surface area contributed by atoms with Gasteiger partial charge in [0, 0.05) is 11.1 Å². The molecule has 25 heavy (non-hydrogen) atoms. The number of benzene rings is 2. The summed E-state index contributed by atoms with van der Waals surface area (Å²) in [6, 6.07) is 15.3. The SMILES string of the molecule is COc1ccc(-c2cc(/C=C/C(=O)c3ccc(C)c(C)c3)[nH]n2)cc1. The first-order valence-corrected chi connectivity index (χ1v) is 8.06. The van der Waals surface area contributed by atoms with Crippen LogP contribution in [0.3, 0.4) is 0 Å². The van der Waals surface area contributed by atoms with Crippen molar-refractivity contribution < 1.29 is 9.53 Å². The Balaban J connectivity index is 1.74. The number of H-pyrrole nitrogens is 1. The molecule has 0 spiro atoms. The van der Waals surface area contributed by atoms with E-state index in [1.165, 1.54) is 5.56 Å². The van der Waals surface area contributed by atoms with Gasteiger partial charge in [0.25, 0.3) is 0 Å². The number of allylic oxidation sites excluding steroid dienone is 1. The van der Waals surface area contributed by atoms with Gasteiger partial charge >= 0.3 is 0 Å². The number of aryl methyl sites for hydroxylation is 2. The fourth-order valence-corrected chi connectivity index (χ4v) is 2.49. The molecule has 4 heteroatoms. The Morgan fingerprint density at radius 3 is 2.48 bits per heavy atom. The van der Waals surface area contributed by atoms with Crippen LogP contribution in [-0.2, 0) is 0 Å². The molecule has 2 aromatic carbocycles. The predicted octanol–water partition coefficient (Wildman–Crippen LogP) is 4.60. The number of methoxy groups -OCH3 is 1. The number of nitrogens with zero attached hydrogens (tertiary/aromatic N) is 1. The number of aromatic amines is 1. The monoisotopic (exact) mass is 332 g/mol. The molecule has 0 aliphatic carbocycles. The van der Waals surface area contributed by atoms with Gasteiger partial charge in [0.05, 0.1) is 18.5 Å². The highest BCUT2D eigenvalue weighted by Crippen LogP contribution is 2.21. The Bertz CT molecular complexity index is 921. The summed E-state index contributed by atoms with van der Waals surface area (Å²) < 4.78 is 5.16. The van der Waals surface area contributed by atoms with Crippen molar-refractivity contribution in [2.45, 2.75) is 13.8 Å². The Kier molecular flexibility index (Phi) is 4.80. The van der Waals surface area contributed by atoms with Crippen LogP contribution in [0.5, 0.6) is 5.75 Å². The van der Waals surface area contributed by atoms with Crippen molar-refractivity contribution in [1.29, 1.82) is 0 Å². The molecule has 0 amide bonds. The average Bonchev–Trinajstić information content (AvgIpc) is 3.11. The zero-order valence-corrected chi connectivity index (χ0v) is 14.5. The van der Waals surface area contributed by atoms with Gasteiger partial charge < -0.3 is 4.74 Å². The maximum Gasteiger partial charge on any atom is 0.185 e. The Morgan fingerprint density at radius 2 is 1.80 bits per heavy atom. The molecule has 4 nitrogen and oxygen atoms in total. The molecule has 0 bridgehead atoms. The molecule has 3 rings (SSSR count). The lowest BCUT2D eigenvalue weighted by Gasteiger charge is -2.01. The highest BCUT2D eigenvalue weighted by Gasteiger charge is 2.05. The van der Waals surface area contributed by atoms with Crippen molar-refractivity contribution >= 4 is 11.9 Å². The van der Waals surface area contributed by atoms with E-state index in [0.717, 1.165) is 28.3 Å². The highest BCUT2D eigenvalue weighted by atomic mass is 16.5. The molecular formula is C21H20N2O2. The Labute approximate surface area is 147 Å². The fourth-order valence-electron chi connectivity index (χ4n) is 2.49. The first kappa shape index (κ1) is 16.7. The zero-order chi connectivity index (χ0) is 17.8. The molecule has 0 saturated carbocycles. The predicted molar refractivity (Wildman–Crippen MR) is 99.9 cm³/mol. The van der Waals surface area contributed by atoms with Crippen LogP contribution >= 0.6 is 0 Å². The summed E-state index contributed by atoms with van der Waals surface area (Å²) >= 11 is 0. The molecule has 3 aromatic rings. The zero-order valence-electron chi connectivity index (χ0n) is 14.5. The van der Waals surface area contributed by atoms with Crippen LogP contribution in [0.15, 0.2) is 54.6 Å². The van der Waals surface area contributed by atoms with Gasteiger partial charge in [-0.3, -0.25) is 9.89 Å². The minimum Gasteiger partial charge on any atom is -0.497 e. The van der Waals surface area contributed by atoms with E-state index in [4.69, 9.17) is 4.74 Å². The Hall–Kier alpha value is -3.14. The topological polar surface area (TPSA) is 55.0 Å². The van der Waals surface area contributed by atoms with Crippen LogP contribution in [0.25, 0.3) is 17.3 Å². The second kappa shape index (κ2) is 7.18. The number of hydrogen-bond donors (Lipinski definition) is 1. The largest absolute Gasteiger partial charge is 0.497 e. The van der Waals surface area contributed by atoms with E-state index in [0.29, 0.717) is 5.56 Å². The Morgan fingerprint density at radius 1 is 1.04 bits per heavy atom. The van der Waals surface area contributed by atoms with Crippen molar-refractivity contribution in [3.05, 3.63) is 77.0 Å². The molecule has 0 aliphatic heterocycles. The minimum atomic E-state index is -0.0244. The van der Waals surface area contributed by atoms with Crippen LogP contribution in [-0.4, -0.2) is 23.1 Å². The minimum absolute atomic E-state index is 0.0244. The smallest absolute Gasteiger partial charge is 0.185 e. The van der Waals surface area contributed by atoms with Gasteiger partial charge in [-0.25, -0.2) is 0 Å². The van der Waals surface area contributed by atoms with Crippen molar-refractivity contribution in [3.8, 4) is 17.0 Å². The number of aromatic nitrogens is 2. The second-order valence-electron chi connectivity index (χ2n) is 5.93. The first-order valence-electron chi connectivity index (χ1n) is 8.06. The normalized spacial score (nSPS) is 11.0. The third kappa shape index (κ3) is 3.86. The third-order valence-electron chi connectivity index (χ3n) is 4.19. The van der Waals surface area contributed by atoms with Crippen LogP contribution < -0.4 is 4.74 Å². The van der Waals surface area contributed by atoms with Gasteiger partial charge in [0.2, 0.25) is 0 Å². The number of carbonyl (C=O) groups is 1. The quantitative estimate of drug-likeness (QED) is 0.549. The molecule has 0 fully saturated rings. The molecule has 0 radical (unpaired) electrons. The van der Waals surface area contributed by atoms with Crippen molar-refractivity contribution in [1.82, 2.24) is 10.2 Å². The van der Waals surface area contributed by atoms with Gasteiger partial charge in [0.15, 0.2) is 5.78 Å². The molecule has 126 valence electrons. The molecule has 0 unspecified atom stereocenters. The summed E-state index contributed by atoms with van der Waals surface area (Å²) in [5, 5.41) is 7.23. The second-order valence-corrected chi connectivity index (χ2v) is 5.93. The van der Waals surface area contributed by atoms with Gasteiger partial charge in [-0.15, -0.1) is 0 Å². The summed E-state index contributed by atoms with van der Waals surface area (Å²) in [6.07, 6.45) is 3.31. The summed E-state index contributed by atoms with van der Waals surface area (Å²) in [7, 11) is 1.64. The molecule has 0 atom stereocenters. The summed E-state index contributed by atoms with van der Waals surface area (Å²) in [5.74, 6) is 0.780. The van der Waals surface area contributed by atoms with Crippen molar-refractivity contribution in [3.63, 3.8) is 0 Å². The maximum atomic E-state index is 12.3. The maximum absolute atomic E-state index is 12.3. The number of ether oxygens (including phenoxy) is 1. The average molecular weight is 332 g/mol. The van der Waals surface area contributed by atoms with E-state index in [2.05, 4.69) is 10.2 Å². The third-order valence-corrected chi connectivity index (χ3v) is 4.19.